The number of hydrogen-bond donors (Lipinski definition) is 0. The van der Waals surface area contributed by atoms with E-state index in [1.807, 2.05) is 0 Å². The molecule has 2 nitrogen and oxygen atoms in total. The molecule has 2 aromatic rings. The Labute approximate surface area is 120 Å². The van der Waals surface area contributed by atoms with Crippen LogP contribution < -0.4 is 0 Å². The highest BCUT2D eigenvalue weighted by Gasteiger charge is 2.03. The normalized spacial score (nSPS) is 18.2. The fourth-order valence-electron chi connectivity index (χ4n) is 1.06. The highest BCUT2D eigenvalue weighted by atomic mass is 16.1. The van der Waals surface area contributed by atoms with Crippen molar-refractivity contribution in [1.29, 1.82) is 0 Å². The second-order valence-corrected chi connectivity index (χ2v) is 3.06. The summed E-state index contributed by atoms with van der Waals surface area (Å²) >= 11 is 0. The SMILES string of the molecule is [2H]c1c([2H])c([2H])c(C(=O)/C=C/C(=O)c2c([2H])c([2H])c([2H])c([2H])c2[2H])c([2H])c1[2H]. The average Bonchev–Trinajstić information content (AvgIpc) is 2.66. The van der Waals surface area contributed by atoms with Crippen LogP contribution in [0.25, 0.3) is 0 Å². The number of hydrogen-bond acceptors (Lipinski definition) is 2. The molecule has 0 heterocycles. The smallest absolute Gasteiger partial charge is 0.185 e. The number of carbonyl (C=O) groups is 2. The molecule has 0 spiro atoms. The van der Waals surface area contributed by atoms with Crippen molar-refractivity contribution in [2.24, 2.45) is 0 Å². The van der Waals surface area contributed by atoms with Gasteiger partial charge < -0.3 is 0 Å². The van der Waals surface area contributed by atoms with Gasteiger partial charge >= 0.3 is 0 Å². The van der Waals surface area contributed by atoms with Gasteiger partial charge in [0.2, 0.25) is 0 Å². The van der Waals surface area contributed by atoms with E-state index in [-0.39, 0.29) is 0 Å². The van der Waals surface area contributed by atoms with Crippen molar-refractivity contribution in [2.45, 2.75) is 0 Å². The predicted molar refractivity (Wildman–Crippen MR) is 70.7 cm³/mol. The van der Waals surface area contributed by atoms with E-state index in [0.29, 0.717) is 12.2 Å². The van der Waals surface area contributed by atoms with Crippen LogP contribution in [0.1, 0.15) is 34.4 Å². The first-order chi connectivity index (χ1) is 12.9. The van der Waals surface area contributed by atoms with Gasteiger partial charge in [-0.3, -0.25) is 9.59 Å². The minimum Gasteiger partial charge on any atom is -0.289 e. The van der Waals surface area contributed by atoms with Crippen LogP contribution in [0.3, 0.4) is 0 Å². The van der Waals surface area contributed by atoms with Crippen molar-refractivity contribution in [1.82, 2.24) is 0 Å². The van der Waals surface area contributed by atoms with Crippen molar-refractivity contribution in [2.75, 3.05) is 0 Å². The zero-order valence-corrected chi connectivity index (χ0v) is 8.97. The Balaban J connectivity index is 2.49. The molecule has 2 aromatic carbocycles. The van der Waals surface area contributed by atoms with E-state index >= 15 is 0 Å². The fourth-order valence-corrected chi connectivity index (χ4v) is 1.06. The molecule has 2 rings (SSSR count). The van der Waals surface area contributed by atoms with Gasteiger partial charge in [0.05, 0.1) is 13.7 Å². The lowest BCUT2D eigenvalue weighted by Crippen LogP contribution is -1.97. The van der Waals surface area contributed by atoms with E-state index in [2.05, 4.69) is 0 Å². The zero-order valence-electron chi connectivity index (χ0n) is 19.0. The number of carbonyl (C=O) groups excluding carboxylic acids is 2. The average molecular weight is 246 g/mol. The molecule has 0 aliphatic heterocycles. The van der Waals surface area contributed by atoms with Gasteiger partial charge in [-0.1, -0.05) is 60.4 Å². The van der Waals surface area contributed by atoms with Crippen molar-refractivity contribution < 1.29 is 23.3 Å². The van der Waals surface area contributed by atoms with Gasteiger partial charge in [-0.15, -0.1) is 0 Å². The van der Waals surface area contributed by atoms with Crippen molar-refractivity contribution in [3.63, 3.8) is 0 Å². The first-order valence-corrected chi connectivity index (χ1v) is 4.82. The van der Waals surface area contributed by atoms with E-state index < -0.39 is 83.1 Å². The predicted octanol–water partition coefficient (Wildman–Crippen LogP) is 3.31. The molecule has 18 heavy (non-hydrogen) atoms. The van der Waals surface area contributed by atoms with Gasteiger partial charge in [0.1, 0.15) is 0 Å². The summed E-state index contributed by atoms with van der Waals surface area (Å²) in [7, 11) is 0. The molecule has 0 atom stereocenters. The molecular formula is C16H12O2. The quantitative estimate of drug-likeness (QED) is 0.612. The second kappa shape index (κ2) is 5.73. The Bertz CT molecular complexity index is 917. The highest BCUT2D eigenvalue weighted by Crippen LogP contribution is 2.04. The van der Waals surface area contributed by atoms with Gasteiger partial charge in [0.25, 0.3) is 0 Å². The summed E-state index contributed by atoms with van der Waals surface area (Å²) in [6, 6.07) is -7.16. The Morgan fingerprint density at radius 2 is 1.06 bits per heavy atom. The minimum atomic E-state index is -1.06. The van der Waals surface area contributed by atoms with Crippen LogP contribution in [0.5, 0.6) is 0 Å². The summed E-state index contributed by atoms with van der Waals surface area (Å²) in [5.74, 6) is -2.12. The molecule has 0 radical (unpaired) electrons. The maximum Gasteiger partial charge on any atom is 0.185 e. The van der Waals surface area contributed by atoms with Crippen LogP contribution >= 0.6 is 0 Å². The molecule has 0 fully saturated rings. The molecule has 0 bridgehead atoms. The second-order valence-electron chi connectivity index (χ2n) is 3.06. The van der Waals surface area contributed by atoms with Crippen LogP contribution in [0.2, 0.25) is 0 Å². The molecule has 0 aromatic heterocycles. The van der Waals surface area contributed by atoms with Crippen LogP contribution in [-0.4, -0.2) is 11.6 Å². The minimum absolute atomic E-state index is 0.636. The maximum absolute atomic E-state index is 12.3. The van der Waals surface area contributed by atoms with Crippen molar-refractivity contribution in [3.05, 3.63) is 83.7 Å². The van der Waals surface area contributed by atoms with Gasteiger partial charge in [-0.2, -0.15) is 0 Å². The lowest BCUT2D eigenvalue weighted by Gasteiger charge is -1.95. The third-order valence-corrected chi connectivity index (χ3v) is 1.88. The summed E-state index contributed by atoms with van der Waals surface area (Å²) in [6.07, 6.45) is 1.27. The third kappa shape index (κ3) is 3.01. The molecule has 0 saturated carbocycles. The van der Waals surface area contributed by atoms with E-state index in [9.17, 15) is 9.59 Å². The number of ketones is 2. The molecule has 0 aliphatic rings. The Kier molecular flexibility index (Phi) is 1.48. The van der Waals surface area contributed by atoms with Crippen LogP contribution in [0.4, 0.5) is 0 Å². The van der Waals surface area contributed by atoms with E-state index in [1.54, 1.807) is 0 Å². The van der Waals surface area contributed by atoms with Crippen molar-refractivity contribution in [3.8, 4) is 0 Å². The first-order valence-electron chi connectivity index (χ1n) is 9.82. The number of rotatable bonds is 4. The summed E-state index contributed by atoms with van der Waals surface area (Å²) in [6.45, 7) is 0. The molecule has 88 valence electrons. The van der Waals surface area contributed by atoms with Gasteiger partial charge in [-0.05, 0) is 12.2 Å². The first kappa shape index (κ1) is 4.65. The molecule has 0 aliphatic carbocycles. The Morgan fingerprint density at radius 3 is 1.39 bits per heavy atom. The summed E-state index contributed by atoms with van der Waals surface area (Å²) in [4.78, 5) is 24.6. The van der Waals surface area contributed by atoms with Gasteiger partial charge in [-0.25, -0.2) is 0 Å². The molecule has 2 heteroatoms. The Morgan fingerprint density at radius 1 is 0.722 bits per heavy atom. The van der Waals surface area contributed by atoms with Crippen LogP contribution in [0.15, 0.2) is 72.6 Å². The fraction of sp³-hybridized carbons (Fsp3) is 0. The third-order valence-electron chi connectivity index (χ3n) is 1.88. The zero-order chi connectivity index (χ0) is 21.5. The number of allylic oxidation sites excluding steroid dienone is 2. The van der Waals surface area contributed by atoms with E-state index in [0.717, 1.165) is 0 Å². The van der Waals surface area contributed by atoms with Crippen molar-refractivity contribution >= 4 is 11.6 Å². The topological polar surface area (TPSA) is 34.1 Å². The monoisotopic (exact) mass is 246 g/mol. The summed E-state index contributed by atoms with van der Waals surface area (Å²) in [5.41, 5.74) is -1.28. The molecule has 0 unspecified atom stereocenters. The Hall–Kier alpha value is -2.48. The van der Waals surface area contributed by atoms with Gasteiger partial charge in [0.15, 0.2) is 11.6 Å². The molecule has 0 N–H and O–H groups in total. The highest BCUT2D eigenvalue weighted by molar-refractivity contribution is 6.11. The lowest BCUT2D eigenvalue weighted by molar-refractivity contribution is 0.102. The summed E-state index contributed by atoms with van der Waals surface area (Å²) < 4.78 is 76.0. The van der Waals surface area contributed by atoms with Crippen LogP contribution in [-0.2, 0) is 0 Å². The molecule has 0 saturated heterocycles. The number of benzene rings is 2. The largest absolute Gasteiger partial charge is 0.289 e. The van der Waals surface area contributed by atoms with E-state index in [1.165, 1.54) is 0 Å². The van der Waals surface area contributed by atoms with E-state index in [4.69, 9.17) is 13.7 Å². The summed E-state index contributed by atoms with van der Waals surface area (Å²) in [5, 5.41) is 0. The maximum atomic E-state index is 12.3. The lowest BCUT2D eigenvalue weighted by atomic mass is 10.1. The van der Waals surface area contributed by atoms with Gasteiger partial charge in [0, 0.05) is 11.1 Å². The van der Waals surface area contributed by atoms with Crippen LogP contribution in [0, 0.1) is 0 Å². The molecular weight excluding hydrogens is 224 g/mol. The molecule has 0 amide bonds. The standard InChI is InChI=1S/C16H12O2/c17-15(13-7-3-1-4-8-13)11-12-16(18)14-9-5-2-6-10-14/h1-12H/b12-11+/i1D,2D,3D,4D,5D,6D,7D,8D,9D,10D.